The summed E-state index contributed by atoms with van der Waals surface area (Å²) < 4.78 is 0. The molecule has 0 radical (unpaired) electrons. The predicted molar refractivity (Wildman–Crippen MR) is 65.0 cm³/mol. The van der Waals surface area contributed by atoms with Crippen LogP contribution in [0.2, 0.25) is 0 Å². The lowest BCUT2D eigenvalue weighted by Gasteiger charge is -2.29. The molecule has 2 fully saturated rings. The third-order valence-corrected chi connectivity index (χ3v) is 4.54. The Labute approximate surface area is 92.6 Å². The van der Waals surface area contributed by atoms with Gasteiger partial charge in [0.15, 0.2) is 0 Å². The van der Waals surface area contributed by atoms with Crippen molar-refractivity contribution in [3.8, 4) is 0 Å². The van der Waals surface area contributed by atoms with Gasteiger partial charge >= 0.3 is 0 Å². The van der Waals surface area contributed by atoms with Crippen LogP contribution in [0, 0.1) is 5.92 Å². The summed E-state index contributed by atoms with van der Waals surface area (Å²) in [5.41, 5.74) is 0. The zero-order valence-electron chi connectivity index (χ0n) is 9.21. The average Bonchev–Trinajstić information content (AvgIpc) is 2.48. The minimum atomic E-state index is 1.03. The molecule has 0 atom stereocenters. The van der Waals surface area contributed by atoms with Crippen LogP contribution in [0.1, 0.15) is 38.5 Å². The molecule has 1 nitrogen and oxygen atoms in total. The highest BCUT2D eigenvalue weighted by Gasteiger charge is 2.17. The Bertz CT molecular complexity index is 146. The molecule has 1 aliphatic carbocycles. The summed E-state index contributed by atoms with van der Waals surface area (Å²) in [6.45, 7) is 4.10. The van der Waals surface area contributed by atoms with Gasteiger partial charge in [0, 0.05) is 31.1 Å². The van der Waals surface area contributed by atoms with Crippen molar-refractivity contribution in [2.24, 2.45) is 5.92 Å². The van der Waals surface area contributed by atoms with Crippen molar-refractivity contribution in [3.05, 3.63) is 0 Å². The first-order valence-corrected chi connectivity index (χ1v) is 7.41. The fourth-order valence-electron chi connectivity index (χ4n) is 2.70. The standard InChI is InChI=1S/C12H23NS/c1-2-4-6-12(5-3-1)11-13-7-9-14-10-8-13/h12H,1-11H2. The Hall–Kier alpha value is 0.310. The van der Waals surface area contributed by atoms with Gasteiger partial charge < -0.3 is 4.90 Å². The maximum atomic E-state index is 2.70. The topological polar surface area (TPSA) is 3.24 Å². The van der Waals surface area contributed by atoms with Gasteiger partial charge in [0.2, 0.25) is 0 Å². The maximum Gasteiger partial charge on any atom is 0.00728 e. The molecule has 0 spiro atoms. The molecule has 1 aliphatic heterocycles. The summed E-state index contributed by atoms with van der Waals surface area (Å²) in [5.74, 6) is 3.76. The van der Waals surface area contributed by atoms with Gasteiger partial charge in [-0.3, -0.25) is 0 Å². The van der Waals surface area contributed by atoms with E-state index in [4.69, 9.17) is 0 Å². The zero-order chi connectivity index (χ0) is 9.64. The summed E-state index contributed by atoms with van der Waals surface area (Å²) in [4.78, 5) is 2.70. The highest BCUT2D eigenvalue weighted by Crippen LogP contribution is 2.24. The number of nitrogens with zero attached hydrogens (tertiary/aromatic N) is 1. The second-order valence-electron chi connectivity index (χ2n) is 4.77. The first kappa shape index (κ1) is 10.8. The summed E-state index contributed by atoms with van der Waals surface area (Å²) in [6.07, 6.45) is 8.98. The third kappa shape index (κ3) is 3.47. The van der Waals surface area contributed by atoms with Gasteiger partial charge in [-0.15, -0.1) is 0 Å². The Balaban J connectivity index is 1.71. The van der Waals surface area contributed by atoms with E-state index in [1.165, 1.54) is 69.7 Å². The van der Waals surface area contributed by atoms with Crippen molar-refractivity contribution in [3.63, 3.8) is 0 Å². The summed E-state index contributed by atoms with van der Waals surface area (Å²) in [7, 11) is 0. The number of rotatable bonds is 2. The smallest absolute Gasteiger partial charge is 0.00728 e. The largest absolute Gasteiger partial charge is 0.301 e. The van der Waals surface area contributed by atoms with E-state index in [0.29, 0.717) is 0 Å². The Kier molecular flexibility index (Phi) is 4.65. The van der Waals surface area contributed by atoms with Crippen LogP contribution in [0.3, 0.4) is 0 Å². The van der Waals surface area contributed by atoms with E-state index >= 15 is 0 Å². The lowest BCUT2D eigenvalue weighted by molar-refractivity contribution is 0.238. The van der Waals surface area contributed by atoms with E-state index in [0.717, 1.165) is 5.92 Å². The minimum Gasteiger partial charge on any atom is -0.301 e. The van der Waals surface area contributed by atoms with Crippen molar-refractivity contribution < 1.29 is 0 Å². The molecule has 0 aromatic carbocycles. The molecule has 0 aromatic heterocycles. The maximum absolute atomic E-state index is 2.70. The highest BCUT2D eigenvalue weighted by molar-refractivity contribution is 7.99. The van der Waals surface area contributed by atoms with Gasteiger partial charge in [0.1, 0.15) is 0 Å². The molecule has 2 rings (SSSR count). The Morgan fingerprint density at radius 1 is 0.929 bits per heavy atom. The van der Waals surface area contributed by atoms with Gasteiger partial charge in [0.25, 0.3) is 0 Å². The van der Waals surface area contributed by atoms with E-state index in [-0.39, 0.29) is 0 Å². The monoisotopic (exact) mass is 213 g/mol. The molecule has 0 amide bonds. The van der Waals surface area contributed by atoms with Gasteiger partial charge in [0.05, 0.1) is 0 Å². The number of thioether (sulfide) groups is 1. The van der Waals surface area contributed by atoms with Crippen LogP contribution in [0.25, 0.3) is 0 Å². The molecule has 0 N–H and O–H groups in total. The molecule has 1 saturated heterocycles. The molecular formula is C12H23NS. The van der Waals surface area contributed by atoms with Crippen LogP contribution in [-0.4, -0.2) is 36.0 Å². The van der Waals surface area contributed by atoms with Crippen LogP contribution in [0.15, 0.2) is 0 Å². The second-order valence-corrected chi connectivity index (χ2v) is 6.00. The molecule has 82 valence electrons. The molecule has 0 aromatic rings. The molecular weight excluding hydrogens is 190 g/mol. The Morgan fingerprint density at radius 2 is 1.57 bits per heavy atom. The molecule has 1 saturated carbocycles. The van der Waals surface area contributed by atoms with Crippen LogP contribution < -0.4 is 0 Å². The third-order valence-electron chi connectivity index (χ3n) is 3.59. The lowest BCUT2D eigenvalue weighted by Crippen LogP contribution is -2.36. The van der Waals surface area contributed by atoms with Gasteiger partial charge in [-0.25, -0.2) is 0 Å². The summed E-state index contributed by atoms with van der Waals surface area (Å²) in [5, 5.41) is 0. The summed E-state index contributed by atoms with van der Waals surface area (Å²) >= 11 is 2.12. The fourth-order valence-corrected chi connectivity index (χ4v) is 3.67. The fraction of sp³-hybridized carbons (Fsp3) is 1.00. The molecule has 0 unspecified atom stereocenters. The van der Waals surface area contributed by atoms with E-state index in [1.54, 1.807) is 0 Å². The highest BCUT2D eigenvalue weighted by atomic mass is 32.2. The number of hydrogen-bond donors (Lipinski definition) is 0. The van der Waals surface area contributed by atoms with Crippen molar-refractivity contribution in [1.29, 1.82) is 0 Å². The van der Waals surface area contributed by atoms with Crippen molar-refractivity contribution in [2.75, 3.05) is 31.1 Å². The van der Waals surface area contributed by atoms with Crippen LogP contribution in [0.4, 0.5) is 0 Å². The lowest BCUT2D eigenvalue weighted by atomic mass is 10.00. The van der Waals surface area contributed by atoms with Crippen molar-refractivity contribution in [1.82, 2.24) is 4.90 Å². The molecule has 0 bridgehead atoms. The van der Waals surface area contributed by atoms with Gasteiger partial charge in [-0.1, -0.05) is 25.7 Å². The van der Waals surface area contributed by atoms with Gasteiger partial charge in [-0.05, 0) is 18.8 Å². The van der Waals surface area contributed by atoms with E-state index in [9.17, 15) is 0 Å². The quantitative estimate of drug-likeness (QED) is 0.649. The average molecular weight is 213 g/mol. The molecule has 2 heteroatoms. The van der Waals surface area contributed by atoms with Crippen molar-refractivity contribution in [2.45, 2.75) is 38.5 Å². The second kappa shape index (κ2) is 6.02. The van der Waals surface area contributed by atoms with E-state index in [2.05, 4.69) is 16.7 Å². The Morgan fingerprint density at radius 3 is 2.21 bits per heavy atom. The molecule has 14 heavy (non-hydrogen) atoms. The van der Waals surface area contributed by atoms with Crippen LogP contribution in [0.5, 0.6) is 0 Å². The SMILES string of the molecule is C1CCCC(CN2CCSCC2)CC1. The van der Waals surface area contributed by atoms with Crippen LogP contribution in [-0.2, 0) is 0 Å². The first-order chi connectivity index (χ1) is 6.95. The first-order valence-electron chi connectivity index (χ1n) is 6.25. The minimum absolute atomic E-state index is 1.03. The number of hydrogen-bond acceptors (Lipinski definition) is 2. The van der Waals surface area contributed by atoms with Crippen molar-refractivity contribution >= 4 is 11.8 Å². The predicted octanol–water partition coefficient (Wildman–Crippen LogP) is 3.01. The molecule has 2 aliphatic rings. The zero-order valence-corrected chi connectivity index (χ0v) is 10.0. The van der Waals surface area contributed by atoms with E-state index in [1.807, 2.05) is 0 Å². The van der Waals surface area contributed by atoms with Crippen LogP contribution >= 0.6 is 11.8 Å². The van der Waals surface area contributed by atoms with E-state index < -0.39 is 0 Å². The van der Waals surface area contributed by atoms with Gasteiger partial charge in [-0.2, -0.15) is 11.8 Å². The normalized spacial score (nSPS) is 27.4. The molecule has 1 heterocycles. The summed E-state index contributed by atoms with van der Waals surface area (Å²) in [6, 6.07) is 0.